The van der Waals surface area contributed by atoms with Gasteiger partial charge in [0.1, 0.15) is 12.4 Å². The summed E-state index contributed by atoms with van der Waals surface area (Å²) in [7, 11) is 1.87. The summed E-state index contributed by atoms with van der Waals surface area (Å²) in [5, 5.41) is 15.2. The van der Waals surface area contributed by atoms with Crippen LogP contribution in [0.15, 0.2) is 23.0 Å². The summed E-state index contributed by atoms with van der Waals surface area (Å²) in [6.07, 6.45) is 1.69. The Morgan fingerprint density at radius 1 is 1.27 bits per heavy atom. The second-order valence-electron chi connectivity index (χ2n) is 8.79. The Kier molecular flexibility index (Phi) is 4.90. The molecule has 1 aliphatic carbocycles. The van der Waals surface area contributed by atoms with Crippen molar-refractivity contribution in [1.29, 1.82) is 0 Å². The molecule has 1 unspecified atom stereocenters. The number of ether oxygens (including phenoxy) is 1. The minimum Gasteiger partial charge on any atom is -0.458 e. The van der Waals surface area contributed by atoms with Gasteiger partial charge in [-0.3, -0.25) is 4.79 Å². The van der Waals surface area contributed by atoms with Crippen LogP contribution in [0.4, 0.5) is 4.39 Å². The molecule has 0 spiro atoms. The minimum absolute atomic E-state index is 0. The molecule has 3 aliphatic rings. The third-order valence-corrected chi connectivity index (χ3v) is 7.31. The fourth-order valence-corrected chi connectivity index (χ4v) is 5.60. The van der Waals surface area contributed by atoms with Crippen molar-refractivity contribution in [2.24, 2.45) is 0 Å². The molecule has 0 amide bonds. The van der Waals surface area contributed by atoms with Crippen molar-refractivity contribution in [3.05, 3.63) is 62.2 Å². The first kappa shape index (κ1) is 22.0. The van der Waals surface area contributed by atoms with Gasteiger partial charge >= 0.3 is 5.97 Å². The quantitative estimate of drug-likeness (QED) is 0.437. The first-order valence-electron chi connectivity index (χ1n) is 10.9. The Morgan fingerprint density at radius 2 is 2.06 bits per heavy atom. The van der Waals surface area contributed by atoms with Gasteiger partial charge in [0.2, 0.25) is 0 Å². The molecular weight excluding hydrogens is 449 g/mol. The number of nitrogens with one attached hydrogen (secondary N) is 1. The lowest BCUT2D eigenvalue weighted by Gasteiger charge is -2.31. The van der Waals surface area contributed by atoms with E-state index >= 15 is 0 Å². The average molecular weight is 472 g/mol. The summed E-state index contributed by atoms with van der Waals surface area (Å²) < 4.78 is 21.2. The number of esters is 1. The molecule has 2 aliphatic heterocycles. The van der Waals surface area contributed by atoms with Crippen molar-refractivity contribution < 1.29 is 19.0 Å². The summed E-state index contributed by atoms with van der Waals surface area (Å²) >= 11 is 0. The molecule has 4 heterocycles. The van der Waals surface area contributed by atoms with E-state index < -0.39 is 11.6 Å². The molecule has 0 fully saturated rings. The van der Waals surface area contributed by atoms with Crippen LogP contribution in [0.1, 0.15) is 53.6 Å². The second kappa shape index (κ2) is 7.35. The molecule has 0 radical (unpaired) electrons. The summed E-state index contributed by atoms with van der Waals surface area (Å²) in [4.78, 5) is 30.5. The third kappa shape index (κ3) is 2.77. The highest BCUT2D eigenvalue weighted by atomic mass is 35.5. The molecule has 2 aromatic heterocycles. The Bertz CT molecular complexity index is 1420. The Labute approximate surface area is 195 Å². The van der Waals surface area contributed by atoms with Crippen molar-refractivity contribution in [3.63, 3.8) is 0 Å². The Hall–Kier alpha value is -2.81. The fraction of sp³-hybridized carbons (Fsp3) is 0.375. The van der Waals surface area contributed by atoms with Gasteiger partial charge < -0.3 is 19.7 Å². The van der Waals surface area contributed by atoms with E-state index in [1.807, 2.05) is 7.05 Å². The molecular formula is C24H23ClFN3O4. The van der Waals surface area contributed by atoms with Gasteiger partial charge in [0, 0.05) is 28.6 Å². The number of carbonyl (C=O) groups is 1. The number of pyridine rings is 2. The molecule has 0 bridgehead atoms. The van der Waals surface area contributed by atoms with Gasteiger partial charge in [0.05, 0.1) is 29.0 Å². The van der Waals surface area contributed by atoms with Gasteiger partial charge in [-0.2, -0.15) is 0 Å². The van der Waals surface area contributed by atoms with Crippen LogP contribution in [-0.4, -0.2) is 27.7 Å². The highest BCUT2D eigenvalue weighted by Gasteiger charge is 2.45. The molecule has 7 nitrogen and oxygen atoms in total. The highest BCUT2D eigenvalue weighted by molar-refractivity contribution is 5.92. The zero-order chi connectivity index (χ0) is 22.4. The largest absolute Gasteiger partial charge is 0.458 e. The molecule has 0 saturated carbocycles. The maximum Gasteiger partial charge on any atom is 0.343 e. The number of cyclic esters (lactones) is 1. The van der Waals surface area contributed by atoms with Crippen LogP contribution in [0.25, 0.3) is 22.3 Å². The van der Waals surface area contributed by atoms with Crippen LogP contribution in [0.5, 0.6) is 0 Å². The van der Waals surface area contributed by atoms with Crippen LogP contribution in [-0.2, 0) is 34.7 Å². The molecule has 3 aromatic rings. The minimum atomic E-state index is -1.87. The number of benzene rings is 1. The van der Waals surface area contributed by atoms with Gasteiger partial charge in [-0.1, -0.05) is 6.92 Å². The number of nitrogens with zero attached hydrogens (tertiary/aromatic N) is 2. The van der Waals surface area contributed by atoms with E-state index in [1.165, 1.54) is 6.07 Å². The smallest absolute Gasteiger partial charge is 0.343 e. The normalized spacial score (nSPS) is 22.3. The van der Waals surface area contributed by atoms with Gasteiger partial charge in [0.15, 0.2) is 5.60 Å². The van der Waals surface area contributed by atoms with Crippen LogP contribution >= 0.6 is 12.4 Å². The maximum atomic E-state index is 14.5. The Balaban J connectivity index is 0.00000228. The summed E-state index contributed by atoms with van der Waals surface area (Å²) in [5.41, 5.74) is 3.07. The third-order valence-electron chi connectivity index (χ3n) is 7.31. The molecule has 33 heavy (non-hydrogen) atoms. The molecule has 2 atom stereocenters. The second-order valence-corrected chi connectivity index (χ2v) is 8.79. The standard InChI is InChI=1S/C24H22FN3O4.ClH/c1-3-24(31)16-8-19-21-14(9-28(19)22(29)15(16)10-32-23(24)30)12-4-5-17(26-2)13-6-11(25)7-18(27-21)20(12)13;/h6-8,17,26,31H,3-5,9-10H2,1-2H3;1H/t17?,24-;/m0./s1. The lowest BCUT2D eigenvalue weighted by molar-refractivity contribution is -0.172. The number of aryl methyl sites for hydroxylation is 1. The number of carbonyl (C=O) groups excluding carboxylic acids is 1. The first-order chi connectivity index (χ1) is 15.4. The summed E-state index contributed by atoms with van der Waals surface area (Å²) in [6, 6.07) is 4.73. The van der Waals surface area contributed by atoms with Crippen molar-refractivity contribution in [3.8, 4) is 11.4 Å². The van der Waals surface area contributed by atoms with Crippen LogP contribution < -0.4 is 10.9 Å². The number of aliphatic hydroxyl groups is 1. The van der Waals surface area contributed by atoms with E-state index in [4.69, 9.17) is 9.72 Å². The van der Waals surface area contributed by atoms with E-state index in [1.54, 1.807) is 23.6 Å². The monoisotopic (exact) mass is 471 g/mol. The Morgan fingerprint density at radius 3 is 2.79 bits per heavy atom. The number of aromatic nitrogens is 2. The van der Waals surface area contributed by atoms with E-state index in [2.05, 4.69) is 5.32 Å². The lowest BCUT2D eigenvalue weighted by atomic mass is 9.83. The van der Waals surface area contributed by atoms with Crippen molar-refractivity contribution in [2.75, 3.05) is 7.05 Å². The maximum absolute atomic E-state index is 14.5. The van der Waals surface area contributed by atoms with Crippen LogP contribution in [0.3, 0.4) is 0 Å². The van der Waals surface area contributed by atoms with Crippen LogP contribution in [0, 0.1) is 5.82 Å². The predicted octanol–water partition coefficient (Wildman–Crippen LogP) is 2.85. The van der Waals surface area contributed by atoms with Crippen molar-refractivity contribution >= 4 is 29.3 Å². The average Bonchev–Trinajstić information content (AvgIpc) is 3.15. The first-order valence-corrected chi connectivity index (χ1v) is 10.9. The molecule has 2 N–H and O–H groups in total. The molecule has 0 saturated heterocycles. The lowest BCUT2D eigenvalue weighted by Crippen LogP contribution is -2.44. The number of rotatable bonds is 2. The summed E-state index contributed by atoms with van der Waals surface area (Å²) in [5.74, 6) is -1.10. The van der Waals surface area contributed by atoms with E-state index in [9.17, 15) is 19.1 Å². The highest BCUT2D eigenvalue weighted by Crippen LogP contribution is 2.44. The number of halogens is 2. The molecule has 1 aromatic carbocycles. The topological polar surface area (TPSA) is 93.5 Å². The molecule has 6 rings (SSSR count). The van der Waals surface area contributed by atoms with Gasteiger partial charge in [0.25, 0.3) is 5.56 Å². The van der Waals surface area contributed by atoms with Gasteiger partial charge in [-0.05, 0) is 49.6 Å². The number of hydrogen-bond acceptors (Lipinski definition) is 6. The van der Waals surface area contributed by atoms with E-state index in [0.717, 1.165) is 34.9 Å². The van der Waals surface area contributed by atoms with Crippen molar-refractivity contribution in [2.45, 2.75) is 51.0 Å². The number of fused-ring (bicyclic) bond motifs is 5. The van der Waals surface area contributed by atoms with E-state index in [-0.39, 0.29) is 48.4 Å². The van der Waals surface area contributed by atoms with Crippen LogP contribution in [0.2, 0.25) is 0 Å². The van der Waals surface area contributed by atoms with Gasteiger partial charge in [-0.15, -0.1) is 12.4 Å². The zero-order valence-corrected chi connectivity index (χ0v) is 19.0. The number of hydrogen-bond donors (Lipinski definition) is 2. The molecule has 172 valence electrons. The fourth-order valence-electron chi connectivity index (χ4n) is 5.60. The van der Waals surface area contributed by atoms with Crippen molar-refractivity contribution in [1.82, 2.24) is 14.9 Å². The zero-order valence-electron chi connectivity index (χ0n) is 18.2. The van der Waals surface area contributed by atoms with E-state index in [0.29, 0.717) is 29.0 Å². The summed E-state index contributed by atoms with van der Waals surface area (Å²) in [6.45, 7) is 1.87. The predicted molar refractivity (Wildman–Crippen MR) is 122 cm³/mol. The molecule has 9 heteroatoms. The SMILES string of the molecule is CC[C@@]1(O)C(=O)OCc2c1cc1n(c2=O)Cc2c-1nc1cc(F)cc3c1c2CCC3NC.Cl. The van der Waals surface area contributed by atoms with Gasteiger partial charge in [-0.25, -0.2) is 14.2 Å².